The van der Waals surface area contributed by atoms with Crippen molar-refractivity contribution in [3.8, 4) is 0 Å². The van der Waals surface area contributed by atoms with E-state index in [0.29, 0.717) is 6.04 Å². The van der Waals surface area contributed by atoms with Gasteiger partial charge in [0.05, 0.1) is 5.02 Å². The molecule has 2 rings (SSSR count). The Bertz CT molecular complexity index is 430. The summed E-state index contributed by atoms with van der Waals surface area (Å²) in [4.78, 5) is 2.53. The maximum Gasteiger partial charge on any atom is 0.141 e. The Hall–Kier alpha value is -0.640. The molecule has 1 aromatic rings. The van der Waals surface area contributed by atoms with Crippen LogP contribution in [0, 0.1) is 5.82 Å². The second kappa shape index (κ2) is 7.39. The summed E-state index contributed by atoms with van der Waals surface area (Å²) < 4.78 is 13.2. The van der Waals surface area contributed by atoms with Crippen molar-refractivity contribution in [1.29, 1.82) is 0 Å². The van der Waals surface area contributed by atoms with E-state index in [1.54, 1.807) is 6.07 Å². The van der Waals surface area contributed by atoms with Crippen LogP contribution >= 0.6 is 11.6 Å². The first-order valence-electron chi connectivity index (χ1n) is 7.53. The molecule has 4 heteroatoms. The van der Waals surface area contributed by atoms with Gasteiger partial charge in [0, 0.05) is 12.1 Å². The number of hydrogen-bond acceptors (Lipinski definition) is 2. The van der Waals surface area contributed by atoms with Gasteiger partial charge in [-0.3, -0.25) is 0 Å². The fraction of sp³-hybridized carbons (Fsp3) is 0.625. The topological polar surface area (TPSA) is 15.3 Å². The molecular weight excluding hydrogens is 275 g/mol. The smallest absolute Gasteiger partial charge is 0.141 e. The van der Waals surface area contributed by atoms with Gasteiger partial charge in [-0.25, -0.2) is 4.39 Å². The van der Waals surface area contributed by atoms with Crippen molar-refractivity contribution in [2.45, 2.75) is 45.2 Å². The summed E-state index contributed by atoms with van der Waals surface area (Å²) in [6.45, 7) is 7.88. The molecule has 1 heterocycles. The molecule has 0 aliphatic carbocycles. The standard InChI is InChI=1S/C16H24ClFN2/c1-3-8-20-9-6-14(7-10-20)19-12(2)13-4-5-16(18)15(17)11-13/h4-5,11-12,14,19H,3,6-10H2,1-2H3. The fourth-order valence-electron chi connectivity index (χ4n) is 2.87. The van der Waals surface area contributed by atoms with E-state index < -0.39 is 0 Å². The van der Waals surface area contributed by atoms with Gasteiger partial charge in [0.15, 0.2) is 0 Å². The van der Waals surface area contributed by atoms with Gasteiger partial charge in [-0.15, -0.1) is 0 Å². The van der Waals surface area contributed by atoms with Gasteiger partial charge in [0.25, 0.3) is 0 Å². The van der Waals surface area contributed by atoms with Crippen molar-refractivity contribution in [1.82, 2.24) is 10.2 Å². The number of rotatable bonds is 5. The molecule has 0 saturated carbocycles. The van der Waals surface area contributed by atoms with Crippen LogP contribution in [0.1, 0.15) is 44.7 Å². The van der Waals surface area contributed by atoms with Crippen molar-refractivity contribution in [3.05, 3.63) is 34.6 Å². The molecule has 0 aromatic heterocycles. The Balaban J connectivity index is 1.85. The Morgan fingerprint density at radius 2 is 2.10 bits per heavy atom. The van der Waals surface area contributed by atoms with E-state index >= 15 is 0 Å². The fourth-order valence-corrected chi connectivity index (χ4v) is 3.06. The monoisotopic (exact) mass is 298 g/mol. The van der Waals surface area contributed by atoms with Crippen LogP contribution in [0.2, 0.25) is 5.02 Å². The first-order valence-corrected chi connectivity index (χ1v) is 7.91. The van der Waals surface area contributed by atoms with Crippen LogP contribution < -0.4 is 5.32 Å². The molecule has 1 aromatic carbocycles. The van der Waals surface area contributed by atoms with Gasteiger partial charge < -0.3 is 10.2 Å². The highest BCUT2D eigenvalue weighted by atomic mass is 35.5. The van der Waals surface area contributed by atoms with Crippen molar-refractivity contribution in [3.63, 3.8) is 0 Å². The number of benzene rings is 1. The van der Waals surface area contributed by atoms with Crippen molar-refractivity contribution >= 4 is 11.6 Å². The Kier molecular flexibility index (Phi) is 5.82. The second-order valence-corrected chi connectivity index (χ2v) is 6.09. The van der Waals surface area contributed by atoms with Gasteiger partial charge in [-0.05, 0) is 63.5 Å². The second-order valence-electron chi connectivity index (χ2n) is 5.68. The summed E-state index contributed by atoms with van der Waals surface area (Å²) in [6, 6.07) is 5.73. The minimum absolute atomic E-state index is 0.203. The highest BCUT2D eigenvalue weighted by Crippen LogP contribution is 2.22. The number of likely N-dealkylation sites (tertiary alicyclic amines) is 1. The lowest BCUT2D eigenvalue weighted by Gasteiger charge is -2.33. The first-order chi connectivity index (χ1) is 9.60. The van der Waals surface area contributed by atoms with Crippen LogP contribution in [-0.4, -0.2) is 30.6 Å². The molecule has 20 heavy (non-hydrogen) atoms. The summed E-state index contributed by atoms with van der Waals surface area (Å²) in [6.07, 6.45) is 3.58. The van der Waals surface area contributed by atoms with E-state index in [2.05, 4.69) is 24.1 Å². The van der Waals surface area contributed by atoms with Crippen LogP contribution in [-0.2, 0) is 0 Å². The number of halogens is 2. The van der Waals surface area contributed by atoms with E-state index in [1.165, 1.54) is 45.0 Å². The summed E-state index contributed by atoms with van der Waals surface area (Å²) in [5.41, 5.74) is 1.05. The van der Waals surface area contributed by atoms with Crippen molar-refractivity contribution < 1.29 is 4.39 Å². The lowest BCUT2D eigenvalue weighted by atomic mass is 10.0. The normalized spacial score (nSPS) is 19.2. The Morgan fingerprint density at radius 3 is 2.70 bits per heavy atom. The van der Waals surface area contributed by atoms with E-state index in [-0.39, 0.29) is 16.9 Å². The third-order valence-corrected chi connectivity index (χ3v) is 4.35. The average Bonchev–Trinajstić information content (AvgIpc) is 2.44. The van der Waals surface area contributed by atoms with Crippen LogP contribution in [0.15, 0.2) is 18.2 Å². The highest BCUT2D eigenvalue weighted by Gasteiger charge is 2.20. The molecule has 1 aliphatic rings. The van der Waals surface area contributed by atoms with Gasteiger partial charge in [0.2, 0.25) is 0 Å². The van der Waals surface area contributed by atoms with Gasteiger partial charge in [0.1, 0.15) is 5.82 Å². The summed E-state index contributed by atoms with van der Waals surface area (Å²) in [5, 5.41) is 3.84. The predicted octanol–water partition coefficient (Wildman–Crippen LogP) is 4.00. The maximum absolute atomic E-state index is 13.2. The van der Waals surface area contributed by atoms with Gasteiger partial charge >= 0.3 is 0 Å². The third-order valence-electron chi connectivity index (χ3n) is 4.06. The highest BCUT2D eigenvalue weighted by molar-refractivity contribution is 6.30. The van der Waals surface area contributed by atoms with Crippen LogP contribution in [0.25, 0.3) is 0 Å². The van der Waals surface area contributed by atoms with Crippen LogP contribution in [0.4, 0.5) is 4.39 Å². The zero-order valence-corrected chi connectivity index (χ0v) is 13.1. The quantitative estimate of drug-likeness (QED) is 0.884. The zero-order valence-electron chi connectivity index (χ0n) is 12.3. The van der Waals surface area contributed by atoms with E-state index in [4.69, 9.17) is 11.6 Å². The summed E-state index contributed by atoms with van der Waals surface area (Å²) in [5.74, 6) is -0.351. The summed E-state index contributed by atoms with van der Waals surface area (Å²) in [7, 11) is 0. The average molecular weight is 299 g/mol. The molecule has 1 N–H and O–H groups in total. The Morgan fingerprint density at radius 1 is 1.40 bits per heavy atom. The molecule has 112 valence electrons. The van der Waals surface area contributed by atoms with Crippen LogP contribution in [0.3, 0.4) is 0 Å². The first kappa shape index (κ1) is 15.7. The number of piperidine rings is 1. The largest absolute Gasteiger partial charge is 0.307 e. The molecule has 0 radical (unpaired) electrons. The Labute approximate surface area is 126 Å². The van der Waals surface area contributed by atoms with Crippen molar-refractivity contribution in [2.24, 2.45) is 0 Å². The molecule has 0 bridgehead atoms. The van der Waals surface area contributed by atoms with Gasteiger partial charge in [-0.1, -0.05) is 24.6 Å². The number of nitrogens with one attached hydrogen (secondary N) is 1. The minimum Gasteiger partial charge on any atom is -0.307 e. The minimum atomic E-state index is -0.351. The summed E-state index contributed by atoms with van der Waals surface area (Å²) >= 11 is 5.85. The molecule has 1 aliphatic heterocycles. The predicted molar refractivity (Wildman–Crippen MR) is 82.7 cm³/mol. The third kappa shape index (κ3) is 4.18. The van der Waals surface area contributed by atoms with E-state index in [9.17, 15) is 4.39 Å². The van der Waals surface area contributed by atoms with Crippen molar-refractivity contribution in [2.75, 3.05) is 19.6 Å². The number of hydrogen-bond donors (Lipinski definition) is 1. The molecule has 1 saturated heterocycles. The molecule has 2 nitrogen and oxygen atoms in total. The molecule has 1 fully saturated rings. The molecular formula is C16H24ClFN2. The SMILES string of the molecule is CCCN1CCC(NC(C)c2ccc(F)c(Cl)c2)CC1. The maximum atomic E-state index is 13.2. The van der Waals surface area contributed by atoms with E-state index in [1.807, 2.05) is 6.07 Å². The van der Waals surface area contributed by atoms with Gasteiger partial charge in [-0.2, -0.15) is 0 Å². The number of nitrogens with zero attached hydrogens (tertiary/aromatic N) is 1. The molecule has 0 amide bonds. The lowest BCUT2D eigenvalue weighted by Crippen LogP contribution is -2.43. The lowest BCUT2D eigenvalue weighted by molar-refractivity contribution is 0.192. The van der Waals surface area contributed by atoms with Crippen LogP contribution in [0.5, 0.6) is 0 Å². The molecule has 1 unspecified atom stereocenters. The molecule has 0 spiro atoms. The zero-order chi connectivity index (χ0) is 14.5. The molecule has 1 atom stereocenters. The van der Waals surface area contributed by atoms with E-state index in [0.717, 1.165) is 5.56 Å².